The van der Waals surface area contributed by atoms with E-state index in [-0.39, 0.29) is 11.7 Å². The maximum atomic E-state index is 13.5. The fourth-order valence-electron chi connectivity index (χ4n) is 4.38. The molecule has 182 valence electrons. The van der Waals surface area contributed by atoms with Crippen LogP contribution in [0.5, 0.6) is 0 Å². The molecule has 0 unspecified atom stereocenters. The van der Waals surface area contributed by atoms with Gasteiger partial charge in [0.1, 0.15) is 11.5 Å². The minimum atomic E-state index is -0.290. The second-order valence-electron chi connectivity index (χ2n) is 8.74. The molecule has 3 N–H and O–H groups in total. The number of aromatic amines is 2. The van der Waals surface area contributed by atoms with Gasteiger partial charge < -0.3 is 10.3 Å². The van der Waals surface area contributed by atoms with E-state index in [1.165, 1.54) is 12.1 Å². The summed E-state index contributed by atoms with van der Waals surface area (Å²) in [5.41, 5.74) is 6.98. The summed E-state index contributed by atoms with van der Waals surface area (Å²) in [6.45, 7) is 1.97. The van der Waals surface area contributed by atoms with Crippen molar-refractivity contribution >= 4 is 33.7 Å². The molecule has 4 aromatic heterocycles. The van der Waals surface area contributed by atoms with Gasteiger partial charge in [-0.15, -0.1) is 0 Å². The standard InChI is InChI=1S/C28H22FN7O/c1-2-3-24(37)32-20-12-18(14-30-15-20)17-6-9-23-22(13-17)26(36-35-23)28-33-25-21(10-11-31-27(25)34-28)16-4-7-19(29)8-5-16/h4-15H,2-3H2,1H3,(H,32,37)(H,35,36)(H,31,33,34). The van der Waals surface area contributed by atoms with E-state index in [1.807, 2.05) is 37.3 Å². The third kappa shape index (κ3) is 4.31. The lowest BCUT2D eigenvalue weighted by Gasteiger charge is -2.07. The monoisotopic (exact) mass is 491 g/mol. The first kappa shape index (κ1) is 22.5. The number of nitrogens with one attached hydrogen (secondary N) is 3. The predicted octanol–water partition coefficient (Wildman–Crippen LogP) is 6.11. The van der Waals surface area contributed by atoms with Gasteiger partial charge in [0.2, 0.25) is 5.91 Å². The van der Waals surface area contributed by atoms with Crippen LogP contribution in [0.15, 0.2) is 73.2 Å². The number of amides is 1. The zero-order valence-electron chi connectivity index (χ0n) is 19.9. The molecule has 4 heterocycles. The van der Waals surface area contributed by atoms with Crippen molar-refractivity contribution in [2.24, 2.45) is 0 Å². The molecule has 8 nitrogen and oxygen atoms in total. The van der Waals surface area contributed by atoms with Crippen LogP contribution in [-0.4, -0.2) is 36.0 Å². The van der Waals surface area contributed by atoms with Crippen molar-refractivity contribution in [3.05, 3.63) is 79.0 Å². The number of nitrogens with zero attached hydrogens (tertiary/aromatic N) is 4. The van der Waals surface area contributed by atoms with Crippen molar-refractivity contribution in [2.45, 2.75) is 19.8 Å². The SMILES string of the molecule is CCCC(=O)Nc1cncc(-c2ccc3[nH]nc(-c4nc5nccc(-c6ccc(F)cc6)c5[nH]4)c3c2)c1. The molecular weight excluding hydrogens is 469 g/mol. The third-order valence-corrected chi connectivity index (χ3v) is 6.17. The normalized spacial score (nSPS) is 11.3. The summed E-state index contributed by atoms with van der Waals surface area (Å²) in [5.74, 6) is 0.244. The van der Waals surface area contributed by atoms with Crippen molar-refractivity contribution < 1.29 is 9.18 Å². The van der Waals surface area contributed by atoms with E-state index in [4.69, 9.17) is 4.98 Å². The van der Waals surface area contributed by atoms with Gasteiger partial charge in [-0.3, -0.25) is 14.9 Å². The lowest BCUT2D eigenvalue weighted by atomic mass is 10.0. The first-order valence-electron chi connectivity index (χ1n) is 11.9. The van der Waals surface area contributed by atoms with E-state index in [0.29, 0.717) is 29.3 Å². The van der Waals surface area contributed by atoms with Crippen LogP contribution in [0, 0.1) is 5.82 Å². The highest BCUT2D eigenvalue weighted by molar-refractivity contribution is 5.98. The number of imidazole rings is 1. The van der Waals surface area contributed by atoms with Gasteiger partial charge in [0.05, 0.1) is 22.9 Å². The summed E-state index contributed by atoms with van der Waals surface area (Å²) in [6, 6.07) is 16.0. The van der Waals surface area contributed by atoms with Crippen molar-refractivity contribution in [3.63, 3.8) is 0 Å². The molecule has 0 aliphatic rings. The van der Waals surface area contributed by atoms with Gasteiger partial charge in [0.25, 0.3) is 0 Å². The Kier molecular flexibility index (Phi) is 5.65. The Morgan fingerprint density at radius 2 is 1.84 bits per heavy atom. The van der Waals surface area contributed by atoms with Crippen molar-refractivity contribution in [1.82, 2.24) is 30.1 Å². The van der Waals surface area contributed by atoms with Gasteiger partial charge in [-0.25, -0.2) is 14.4 Å². The topological polar surface area (TPSA) is 112 Å². The van der Waals surface area contributed by atoms with Crippen LogP contribution in [0.25, 0.3) is 55.8 Å². The summed E-state index contributed by atoms with van der Waals surface area (Å²) in [6.07, 6.45) is 6.33. The molecule has 6 aromatic rings. The van der Waals surface area contributed by atoms with Crippen LogP contribution < -0.4 is 5.32 Å². The number of hydrogen-bond acceptors (Lipinski definition) is 5. The Bertz CT molecular complexity index is 1750. The zero-order valence-corrected chi connectivity index (χ0v) is 19.9. The average Bonchev–Trinajstić information content (AvgIpc) is 3.53. The molecule has 0 fully saturated rings. The highest BCUT2D eigenvalue weighted by Gasteiger charge is 2.16. The van der Waals surface area contributed by atoms with Gasteiger partial charge in [-0.1, -0.05) is 25.1 Å². The highest BCUT2D eigenvalue weighted by Crippen LogP contribution is 2.33. The first-order valence-corrected chi connectivity index (χ1v) is 11.9. The lowest BCUT2D eigenvalue weighted by molar-refractivity contribution is -0.116. The van der Waals surface area contributed by atoms with Crippen LogP contribution in [0.1, 0.15) is 19.8 Å². The van der Waals surface area contributed by atoms with Gasteiger partial charge in [0.15, 0.2) is 11.5 Å². The van der Waals surface area contributed by atoms with Crippen molar-refractivity contribution in [1.29, 1.82) is 0 Å². The van der Waals surface area contributed by atoms with Gasteiger partial charge in [0, 0.05) is 35.3 Å². The van der Waals surface area contributed by atoms with Gasteiger partial charge >= 0.3 is 0 Å². The number of aromatic nitrogens is 6. The molecule has 0 aliphatic heterocycles. The summed E-state index contributed by atoms with van der Waals surface area (Å²) in [5, 5.41) is 11.4. The molecule has 0 atom stereocenters. The summed E-state index contributed by atoms with van der Waals surface area (Å²) in [7, 11) is 0. The zero-order chi connectivity index (χ0) is 25.4. The van der Waals surface area contributed by atoms with Crippen molar-refractivity contribution in [3.8, 4) is 33.8 Å². The second kappa shape index (κ2) is 9.27. The van der Waals surface area contributed by atoms with Crippen LogP contribution in [0.3, 0.4) is 0 Å². The van der Waals surface area contributed by atoms with E-state index in [0.717, 1.165) is 45.1 Å². The fourth-order valence-corrected chi connectivity index (χ4v) is 4.38. The van der Waals surface area contributed by atoms with E-state index in [9.17, 15) is 9.18 Å². The maximum Gasteiger partial charge on any atom is 0.224 e. The number of carbonyl (C=O) groups is 1. The number of benzene rings is 2. The Balaban J connectivity index is 1.40. The van der Waals surface area contributed by atoms with Crippen LogP contribution in [0.4, 0.5) is 10.1 Å². The maximum absolute atomic E-state index is 13.5. The largest absolute Gasteiger partial charge is 0.335 e. The van der Waals surface area contributed by atoms with E-state index in [2.05, 4.69) is 30.5 Å². The molecule has 1 amide bonds. The van der Waals surface area contributed by atoms with Crippen LogP contribution in [-0.2, 0) is 4.79 Å². The number of pyridine rings is 2. The van der Waals surface area contributed by atoms with Crippen LogP contribution in [0.2, 0.25) is 0 Å². The quantitative estimate of drug-likeness (QED) is 0.260. The molecule has 0 spiro atoms. The molecule has 0 saturated heterocycles. The van der Waals surface area contributed by atoms with Crippen LogP contribution >= 0.6 is 0 Å². The predicted molar refractivity (Wildman–Crippen MR) is 141 cm³/mol. The Morgan fingerprint density at radius 3 is 2.68 bits per heavy atom. The molecule has 0 aliphatic carbocycles. The number of H-pyrrole nitrogens is 2. The average molecular weight is 492 g/mol. The molecule has 9 heteroatoms. The summed E-state index contributed by atoms with van der Waals surface area (Å²) in [4.78, 5) is 28.8. The highest BCUT2D eigenvalue weighted by atomic mass is 19.1. The smallest absolute Gasteiger partial charge is 0.224 e. The number of halogens is 1. The number of hydrogen-bond donors (Lipinski definition) is 3. The summed E-state index contributed by atoms with van der Waals surface area (Å²) < 4.78 is 13.5. The number of rotatable bonds is 6. The Hall–Kier alpha value is -4.92. The van der Waals surface area contributed by atoms with E-state index in [1.54, 1.807) is 30.7 Å². The van der Waals surface area contributed by atoms with E-state index >= 15 is 0 Å². The Morgan fingerprint density at radius 1 is 1.00 bits per heavy atom. The summed E-state index contributed by atoms with van der Waals surface area (Å²) >= 11 is 0. The Labute approximate surface area is 211 Å². The molecular formula is C28H22FN7O. The lowest BCUT2D eigenvalue weighted by Crippen LogP contribution is -2.10. The third-order valence-electron chi connectivity index (χ3n) is 6.17. The molecule has 0 bridgehead atoms. The molecule has 6 rings (SSSR count). The minimum absolute atomic E-state index is 0.0347. The molecule has 37 heavy (non-hydrogen) atoms. The van der Waals surface area contributed by atoms with Gasteiger partial charge in [-0.2, -0.15) is 5.10 Å². The number of carbonyl (C=O) groups excluding carboxylic acids is 1. The number of anilines is 1. The second-order valence-corrected chi connectivity index (χ2v) is 8.74. The van der Waals surface area contributed by atoms with Crippen molar-refractivity contribution in [2.75, 3.05) is 5.32 Å². The fraction of sp³-hybridized carbons (Fsp3) is 0.107. The van der Waals surface area contributed by atoms with E-state index < -0.39 is 0 Å². The number of fused-ring (bicyclic) bond motifs is 2. The minimum Gasteiger partial charge on any atom is -0.335 e. The molecule has 2 aromatic carbocycles. The first-order chi connectivity index (χ1) is 18.1. The van der Waals surface area contributed by atoms with Gasteiger partial charge in [-0.05, 0) is 53.9 Å². The molecule has 0 saturated carbocycles. The molecule has 0 radical (unpaired) electrons.